The van der Waals surface area contributed by atoms with Crippen LogP contribution in [-0.2, 0) is 21.9 Å². The van der Waals surface area contributed by atoms with Crippen LogP contribution in [0, 0.1) is 6.92 Å². The van der Waals surface area contributed by atoms with Crippen molar-refractivity contribution in [3.63, 3.8) is 0 Å². The van der Waals surface area contributed by atoms with E-state index in [0.29, 0.717) is 51.0 Å². The number of aliphatic hydroxyl groups excluding tert-OH is 1. The molecule has 1 aliphatic rings. The van der Waals surface area contributed by atoms with Crippen LogP contribution in [0.15, 0.2) is 107 Å². The molecule has 0 radical (unpaired) electrons. The lowest BCUT2D eigenvalue weighted by Crippen LogP contribution is -2.29. The Balaban J connectivity index is 1.39. The number of benzene rings is 4. The average Bonchev–Trinajstić information content (AvgIpc) is 3.66. The number of hydrogen-bond acceptors (Lipinski definition) is 9. The van der Waals surface area contributed by atoms with E-state index in [1.807, 2.05) is 80.6 Å². The van der Waals surface area contributed by atoms with Gasteiger partial charge in [0.05, 0.1) is 18.2 Å². The molecule has 1 unspecified atom stereocenters. The van der Waals surface area contributed by atoms with Crippen molar-refractivity contribution in [2.45, 2.75) is 36.6 Å². The minimum absolute atomic E-state index is 0.0558. The first-order valence-electron chi connectivity index (χ1n) is 14.8. The Morgan fingerprint density at radius 2 is 1.68 bits per heavy atom. The van der Waals surface area contributed by atoms with Crippen LogP contribution in [0.2, 0.25) is 5.02 Å². The maximum absolute atomic E-state index is 13.7. The molecule has 5 aromatic rings. The Kier molecular flexibility index (Phi) is 9.91. The van der Waals surface area contributed by atoms with E-state index in [2.05, 4.69) is 10.2 Å². The first kappa shape index (κ1) is 32.3. The number of nitrogens with zero attached hydrogens (tertiary/aromatic N) is 3. The van der Waals surface area contributed by atoms with Gasteiger partial charge < -0.3 is 14.6 Å². The highest BCUT2D eigenvalue weighted by atomic mass is 35.5. The predicted octanol–water partition coefficient (Wildman–Crippen LogP) is 8.40. The van der Waals surface area contributed by atoms with E-state index in [1.165, 1.54) is 28.0 Å². The van der Waals surface area contributed by atoms with Crippen molar-refractivity contribution < 1.29 is 24.2 Å². The second kappa shape index (κ2) is 14.4. The summed E-state index contributed by atoms with van der Waals surface area (Å²) in [6.07, 6.45) is 0. The number of hydrogen-bond donors (Lipinski definition) is 1. The normalized spacial score (nSPS) is 15.6. The Morgan fingerprint density at radius 1 is 0.936 bits per heavy atom. The van der Waals surface area contributed by atoms with Gasteiger partial charge in [-0.2, -0.15) is 0 Å². The van der Waals surface area contributed by atoms with Crippen molar-refractivity contribution in [3.05, 3.63) is 135 Å². The summed E-state index contributed by atoms with van der Waals surface area (Å²) in [6, 6.07) is 28.6. The van der Waals surface area contributed by atoms with Gasteiger partial charge in [-0.3, -0.25) is 14.5 Å². The number of thioether (sulfide) groups is 1. The Hall–Kier alpha value is -4.64. The van der Waals surface area contributed by atoms with E-state index < -0.39 is 17.7 Å². The van der Waals surface area contributed by atoms with E-state index >= 15 is 0 Å². The highest BCUT2D eigenvalue weighted by Gasteiger charge is 2.48. The third-order valence-electron chi connectivity index (χ3n) is 7.50. The number of halogens is 1. The number of ketones is 1. The molecule has 4 aromatic carbocycles. The van der Waals surface area contributed by atoms with Crippen molar-refractivity contribution in [1.29, 1.82) is 0 Å². The Morgan fingerprint density at radius 3 is 2.43 bits per heavy atom. The first-order valence-corrected chi connectivity index (χ1v) is 17.0. The number of carbonyl (C=O) groups is 2. The molecule has 238 valence electrons. The molecule has 1 N–H and O–H groups in total. The summed E-state index contributed by atoms with van der Waals surface area (Å²) >= 11 is 8.95. The van der Waals surface area contributed by atoms with Gasteiger partial charge in [0.25, 0.3) is 5.78 Å². The van der Waals surface area contributed by atoms with E-state index in [1.54, 1.807) is 30.3 Å². The van der Waals surface area contributed by atoms with Crippen LogP contribution in [0.3, 0.4) is 0 Å². The summed E-state index contributed by atoms with van der Waals surface area (Å²) < 4.78 is 12.7. The lowest BCUT2D eigenvalue weighted by atomic mass is 9.95. The van der Waals surface area contributed by atoms with Crippen molar-refractivity contribution in [3.8, 4) is 11.5 Å². The molecule has 6 rings (SSSR count). The minimum atomic E-state index is -1.01. The number of anilines is 1. The van der Waals surface area contributed by atoms with Crippen molar-refractivity contribution in [2.75, 3.05) is 11.5 Å². The van der Waals surface area contributed by atoms with Crippen molar-refractivity contribution >= 4 is 57.3 Å². The molecular weight excluding hydrogens is 654 g/mol. The number of Topliss-reactive ketones (excluding diaryl/α,β-unsaturated/α-hetero) is 1. The largest absolute Gasteiger partial charge is 0.507 e. The van der Waals surface area contributed by atoms with Crippen LogP contribution in [-0.4, -0.2) is 33.6 Å². The van der Waals surface area contributed by atoms with Gasteiger partial charge >= 0.3 is 5.91 Å². The van der Waals surface area contributed by atoms with E-state index in [-0.39, 0.29) is 16.5 Å². The quantitative estimate of drug-likeness (QED) is 0.0487. The summed E-state index contributed by atoms with van der Waals surface area (Å²) in [5, 5.41) is 21.0. The maximum Gasteiger partial charge on any atom is 0.301 e. The Bertz CT molecular complexity index is 1950. The second-order valence-electron chi connectivity index (χ2n) is 10.7. The third kappa shape index (κ3) is 7.05. The van der Waals surface area contributed by atoms with Gasteiger partial charge in [0, 0.05) is 16.3 Å². The number of aliphatic hydroxyl groups is 1. The average molecular weight is 684 g/mol. The number of carbonyl (C=O) groups excluding carboxylic acids is 2. The number of ether oxygens (including phenoxy) is 2. The molecule has 1 aromatic heterocycles. The van der Waals surface area contributed by atoms with Crippen LogP contribution in [0.5, 0.6) is 11.5 Å². The standard InChI is InChI=1S/C36H30ClN3O5S2/c1-3-44-29-19-25(17-18-28(29)45-20-23-9-5-4-6-10-23)31-30(32(41)24-15-13-22(2)14-16-24)33(42)34(43)40(31)35-38-39-36(47-35)46-21-26-11-7-8-12-27(26)37/h4-19,31,41H,3,20-21H2,1-2H3/b32-30+. The fraction of sp³-hybridized carbons (Fsp3) is 0.167. The van der Waals surface area contributed by atoms with Gasteiger partial charge in [-0.25, -0.2) is 0 Å². The van der Waals surface area contributed by atoms with Crippen molar-refractivity contribution in [1.82, 2.24) is 10.2 Å². The van der Waals surface area contributed by atoms with Gasteiger partial charge in [-0.1, -0.05) is 119 Å². The molecule has 1 saturated heterocycles. The molecule has 1 fully saturated rings. The fourth-order valence-electron chi connectivity index (χ4n) is 5.14. The van der Waals surface area contributed by atoms with Gasteiger partial charge in [-0.05, 0) is 48.7 Å². The molecule has 1 amide bonds. The van der Waals surface area contributed by atoms with E-state index in [0.717, 1.165) is 16.7 Å². The molecule has 1 atom stereocenters. The predicted molar refractivity (Wildman–Crippen MR) is 185 cm³/mol. The minimum Gasteiger partial charge on any atom is -0.507 e. The highest BCUT2D eigenvalue weighted by molar-refractivity contribution is 8.00. The first-order chi connectivity index (χ1) is 22.8. The molecule has 0 bridgehead atoms. The summed E-state index contributed by atoms with van der Waals surface area (Å²) in [7, 11) is 0. The zero-order valence-corrected chi connectivity index (χ0v) is 27.9. The van der Waals surface area contributed by atoms with Gasteiger partial charge in [0.1, 0.15) is 12.4 Å². The Labute approximate surface area is 285 Å². The molecule has 11 heteroatoms. The number of aryl methyl sites for hydroxylation is 1. The molecule has 8 nitrogen and oxygen atoms in total. The summed E-state index contributed by atoms with van der Waals surface area (Å²) in [5.41, 5.74) is 3.81. The molecule has 0 saturated carbocycles. The van der Waals surface area contributed by atoms with Crippen LogP contribution in [0.25, 0.3) is 5.76 Å². The third-order valence-corrected chi connectivity index (χ3v) is 9.97. The molecule has 0 aliphatic carbocycles. The van der Waals surface area contributed by atoms with E-state index in [9.17, 15) is 14.7 Å². The molecule has 0 spiro atoms. The highest BCUT2D eigenvalue weighted by Crippen LogP contribution is 2.46. The number of amides is 1. The molecule has 1 aliphatic heterocycles. The number of aromatic nitrogens is 2. The van der Waals surface area contributed by atoms with Crippen LogP contribution < -0.4 is 14.4 Å². The zero-order chi connectivity index (χ0) is 32.9. The van der Waals surface area contributed by atoms with Gasteiger partial charge in [0.15, 0.2) is 15.8 Å². The van der Waals surface area contributed by atoms with Crippen LogP contribution in [0.4, 0.5) is 5.13 Å². The zero-order valence-electron chi connectivity index (χ0n) is 25.6. The maximum atomic E-state index is 13.7. The smallest absolute Gasteiger partial charge is 0.301 e. The number of rotatable bonds is 11. The lowest BCUT2D eigenvalue weighted by molar-refractivity contribution is -0.132. The second-order valence-corrected chi connectivity index (χ2v) is 13.3. The van der Waals surface area contributed by atoms with Crippen molar-refractivity contribution in [2.24, 2.45) is 0 Å². The summed E-state index contributed by atoms with van der Waals surface area (Å²) in [5.74, 6) is -0.428. The van der Waals surface area contributed by atoms with Crippen LogP contribution >= 0.6 is 34.7 Å². The molecule has 47 heavy (non-hydrogen) atoms. The van der Waals surface area contributed by atoms with Gasteiger partial charge in [0.2, 0.25) is 5.13 Å². The topological polar surface area (TPSA) is 102 Å². The SMILES string of the molecule is CCOc1cc(C2/C(=C(\O)c3ccc(C)cc3)C(=O)C(=O)N2c2nnc(SCc3ccccc3Cl)s2)ccc1OCc1ccccc1. The van der Waals surface area contributed by atoms with Gasteiger partial charge in [-0.15, -0.1) is 10.2 Å². The van der Waals surface area contributed by atoms with E-state index in [4.69, 9.17) is 21.1 Å². The lowest BCUT2D eigenvalue weighted by Gasteiger charge is -2.23. The van der Waals surface area contributed by atoms with Crippen LogP contribution in [0.1, 0.15) is 40.8 Å². The fourth-order valence-corrected chi connectivity index (χ4v) is 7.30. The monoisotopic (exact) mass is 683 g/mol. The summed E-state index contributed by atoms with van der Waals surface area (Å²) in [6.45, 7) is 4.47. The summed E-state index contributed by atoms with van der Waals surface area (Å²) in [4.78, 5) is 28.8. The molecular formula is C36H30ClN3O5S2. The molecule has 2 heterocycles.